The summed E-state index contributed by atoms with van der Waals surface area (Å²) in [6.45, 7) is 5.24. The molecule has 0 radical (unpaired) electrons. The molecule has 2 atom stereocenters. The molecule has 1 aromatic rings. The van der Waals surface area contributed by atoms with Crippen molar-refractivity contribution in [1.29, 1.82) is 0 Å². The van der Waals surface area contributed by atoms with Crippen LogP contribution < -0.4 is 5.32 Å². The van der Waals surface area contributed by atoms with Gasteiger partial charge in [0.2, 0.25) is 0 Å². The fraction of sp³-hybridized carbons (Fsp3) is 0.571. The van der Waals surface area contributed by atoms with Crippen molar-refractivity contribution in [2.75, 3.05) is 12.4 Å². The Balaban J connectivity index is 1.67. The molecule has 1 unspecified atom stereocenters. The second-order valence-electron chi connectivity index (χ2n) is 4.86. The number of nitrogens with one attached hydrogen (secondary N) is 1. The molecule has 1 aromatic carbocycles. The summed E-state index contributed by atoms with van der Waals surface area (Å²) in [5.41, 5.74) is 1.40. The summed E-state index contributed by atoms with van der Waals surface area (Å²) in [7, 11) is 0. The van der Waals surface area contributed by atoms with Crippen molar-refractivity contribution in [2.24, 2.45) is 5.92 Å². The minimum absolute atomic E-state index is 0.248. The van der Waals surface area contributed by atoms with Crippen LogP contribution >= 0.6 is 11.8 Å². The van der Waals surface area contributed by atoms with E-state index in [4.69, 9.17) is 4.74 Å². The van der Waals surface area contributed by atoms with Gasteiger partial charge in [-0.1, -0.05) is 44.2 Å². The van der Waals surface area contributed by atoms with E-state index >= 15 is 0 Å². The fourth-order valence-electron chi connectivity index (χ4n) is 1.92. The lowest BCUT2D eigenvalue weighted by Crippen LogP contribution is -2.35. The summed E-state index contributed by atoms with van der Waals surface area (Å²) in [5.74, 6) is 2.77. The third-order valence-corrected chi connectivity index (χ3v) is 4.09. The van der Waals surface area contributed by atoms with Crippen molar-refractivity contribution in [3.8, 4) is 0 Å². The number of benzene rings is 1. The lowest BCUT2D eigenvalue weighted by atomic mass is 10.2. The van der Waals surface area contributed by atoms with Gasteiger partial charge in [-0.3, -0.25) is 5.32 Å². The van der Waals surface area contributed by atoms with E-state index in [0.29, 0.717) is 12.0 Å². The van der Waals surface area contributed by atoms with Gasteiger partial charge in [0.05, 0.1) is 6.61 Å². The molecule has 1 aliphatic heterocycles. The molecule has 1 fully saturated rings. The fourth-order valence-corrected chi connectivity index (χ4v) is 2.95. The molecule has 1 N–H and O–H groups in total. The quantitative estimate of drug-likeness (QED) is 0.869. The Morgan fingerprint density at radius 3 is 2.76 bits per heavy atom. The van der Waals surface area contributed by atoms with Gasteiger partial charge in [0.25, 0.3) is 0 Å². The van der Waals surface area contributed by atoms with Gasteiger partial charge in [-0.2, -0.15) is 11.8 Å². The van der Waals surface area contributed by atoms with Gasteiger partial charge in [0.15, 0.2) is 0 Å². The predicted molar refractivity (Wildman–Crippen MR) is 74.1 cm³/mol. The van der Waals surface area contributed by atoms with Gasteiger partial charge < -0.3 is 4.74 Å². The smallest absolute Gasteiger partial charge is 0.110 e. The third-order valence-electron chi connectivity index (χ3n) is 2.91. The summed E-state index contributed by atoms with van der Waals surface area (Å²) in [6.07, 6.45) is 0.248. The van der Waals surface area contributed by atoms with E-state index in [2.05, 4.69) is 49.5 Å². The maximum atomic E-state index is 5.71. The minimum Gasteiger partial charge on any atom is -0.361 e. The molecule has 94 valence electrons. The minimum atomic E-state index is 0.248. The number of rotatable bonds is 5. The Kier molecular flexibility index (Phi) is 4.89. The molecule has 1 aliphatic rings. The van der Waals surface area contributed by atoms with E-state index in [0.717, 1.165) is 18.1 Å². The van der Waals surface area contributed by atoms with Crippen molar-refractivity contribution >= 4 is 11.8 Å². The molecular formula is C14H21NOS. The van der Waals surface area contributed by atoms with Crippen LogP contribution in [0.15, 0.2) is 30.3 Å². The molecule has 17 heavy (non-hydrogen) atoms. The number of thioether (sulfide) groups is 1. The molecule has 2 nitrogen and oxygen atoms in total. The van der Waals surface area contributed by atoms with Crippen LogP contribution in [0.3, 0.4) is 0 Å². The second kappa shape index (κ2) is 6.43. The lowest BCUT2D eigenvalue weighted by Gasteiger charge is -2.15. The normalized spacial score (nSPS) is 24.4. The summed E-state index contributed by atoms with van der Waals surface area (Å²) in [6, 6.07) is 11.1. The van der Waals surface area contributed by atoms with Gasteiger partial charge in [-0.15, -0.1) is 0 Å². The van der Waals surface area contributed by atoms with Gasteiger partial charge in [0, 0.05) is 17.5 Å². The van der Waals surface area contributed by atoms with Crippen LogP contribution in [0.2, 0.25) is 0 Å². The van der Waals surface area contributed by atoms with Gasteiger partial charge >= 0.3 is 0 Å². The van der Waals surface area contributed by atoms with Crippen LogP contribution in [-0.2, 0) is 10.5 Å². The zero-order valence-electron chi connectivity index (χ0n) is 10.6. The summed E-state index contributed by atoms with van der Waals surface area (Å²) in [4.78, 5) is 0. The van der Waals surface area contributed by atoms with E-state index in [-0.39, 0.29) is 6.23 Å². The first-order valence-corrected chi connectivity index (χ1v) is 7.40. The highest BCUT2D eigenvalue weighted by atomic mass is 32.2. The molecule has 0 amide bonds. The molecule has 0 bridgehead atoms. The summed E-state index contributed by atoms with van der Waals surface area (Å²) in [5, 5.41) is 3.53. The maximum Gasteiger partial charge on any atom is 0.110 e. The van der Waals surface area contributed by atoms with E-state index < -0.39 is 0 Å². The Labute approximate surface area is 108 Å². The molecular weight excluding hydrogens is 230 g/mol. The average molecular weight is 251 g/mol. The highest BCUT2D eigenvalue weighted by molar-refractivity contribution is 7.98. The monoisotopic (exact) mass is 251 g/mol. The highest BCUT2D eigenvalue weighted by Gasteiger charge is 2.26. The van der Waals surface area contributed by atoms with Crippen LogP contribution in [0.5, 0.6) is 0 Å². The average Bonchev–Trinajstić information content (AvgIpc) is 2.79. The SMILES string of the molecule is CC(C)C1N[C@H](CSCc2ccccc2)CO1. The van der Waals surface area contributed by atoms with Crippen LogP contribution in [0, 0.1) is 5.92 Å². The van der Waals surface area contributed by atoms with Crippen molar-refractivity contribution < 1.29 is 4.74 Å². The zero-order chi connectivity index (χ0) is 12.1. The van der Waals surface area contributed by atoms with Crippen molar-refractivity contribution in [2.45, 2.75) is 31.9 Å². The number of hydrogen-bond acceptors (Lipinski definition) is 3. The first-order chi connectivity index (χ1) is 8.25. The van der Waals surface area contributed by atoms with E-state index in [1.54, 1.807) is 0 Å². The van der Waals surface area contributed by atoms with E-state index in [9.17, 15) is 0 Å². The molecule has 1 saturated heterocycles. The number of hydrogen-bond donors (Lipinski definition) is 1. The largest absolute Gasteiger partial charge is 0.361 e. The van der Waals surface area contributed by atoms with Gasteiger partial charge in [-0.25, -0.2) is 0 Å². The predicted octanol–water partition coefficient (Wildman–Crippen LogP) is 2.89. The van der Waals surface area contributed by atoms with E-state index in [1.165, 1.54) is 5.56 Å². The molecule has 0 aromatic heterocycles. The second-order valence-corrected chi connectivity index (χ2v) is 5.89. The van der Waals surface area contributed by atoms with Gasteiger partial charge in [-0.05, 0) is 11.5 Å². The number of ether oxygens (including phenoxy) is 1. The lowest BCUT2D eigenvalue weighted by molar-refractivity contribution is 0.0645. The van der Waals surface area contributed by atoms with Crippen LogP contribution in [-0.4, -0.2) is 24.6 Å². The summed E-state index contributed by atoms with van der Waals surface area (Å²) >= 11 is 1.97. The van der Waals surface area contributed by atoms with Crippen molar-refractivity contribution in [3.63, 3.8) is 0 Å². The first kappa shape index (κ1) is 12.9. The maximum absolute atomic E-state index is 5.71. The standard InChI is InChI=1S/C14H21NOS/c1-11(2)14-15-13(8-16-14)10-17-9-12-6-4-3-5-7-12/h3-7,11,13-15H,8-10H2,1-2H3/t13-,14?/m0/s1. The third kappa shape index (κ3) is 4.02. The molecule has 2 rings (SSSR count). The summed E-state index contributed by atoms with van der Waals surface area (Å²) < 4.78 is 5.71. The van der Waals surface area contributed by atoms with Crippen LogP contribution in [0.1, 0.15) is 19.4 Å². The Bertz CT molecular complexity index is 328. The Morgan fingerprint density at radius 1 is 1.35 bits per heavy atom. The Hall–Kier alpha value is -0.510. The van der Waals surface area contributed by atoms with Crippen LogP contribution in [0.4, 0.5) is 0 Å². The molecule has 3 heteroatoms. The van der Waals surface area contributed by atoms with Gasteiger partial charge in [0.1, 0.15) is 6.23 Å². The zero-order valence-corrected chi connectivity index (χ0v) is 11.4. The first-order valence-electron chi connectivity index (χ1n) is 6.25. The highest BCUT2D eigenvalue weighted by Crippen LogP contribution is 2.17. The molecule has 0 spiro atoms. The topological polar surface area (TPSA) is 21.3 Å². The van der Waals surface area contributed by atoms with Crippen LogP contribution in [0.25, 0.3) is 0 Å². The molecule has 1 heterocycles. The molecule has 0 aliphatic carbocycles. The van der Waals surface area contributed by atoms with Crippen molar-refractivity contribution in [1.82, 2.24) is 5.32 Å². The van der Waals surface area contributed by atoms with Crippen molar-refractivity contribution in [3.05, 3.63) is 35.9 Å². The Morgan fingerprint density at radius 2 is 2.12 bits per heavy atom. The van der Waals surface area contributed by atoms with E-state index in [1.807, 2.05) is 11.8 Å². The molecule has 0 saturated carbocycles.